The van der Waals surface area contributed by atoms with E-state index in [9.17, 15) is 4.79 Å². The number of benzene rings is 2. The van der Waals surface area contributed by atoms with Gasteiger partial charge in [-0.05, 0) is 55.5 Å². The normalized spacial score (nSPS) is 13.4. The largest absolute Gasteiger partial charge is 0.497 e. The van der Waals surface area contributed by atoms with Gasteiger partial charge >= 0.3 is 0 Å². The van der Waals surface area contributed by atoms with E-state index in [1.54, 1.807) is 38.5 Å². The van der Waals surface area contributed by atoms with Gasteiger partial charge in [-0.1, -0.05) is 0 Å². The Morgan fingerprint density at radius 2 is 1.47 bits per heavy atom. The van der Waals surface area contributed by atoms with E-state index in [0.29, 0.717) is 37.9 Å². The van der Waals surface area contributed by atoms with Crippen LogP contribution < -0.4 is 24.4 Å². The predicted molar refractivity (Wildman–Crippen MR) is 130 cm³/mol. The van der Waals surface area contributed by atoms with E-state index in [-0.39, 0.29) is 12.5 Å². The number of carbonyl (C=O) groups excluding carboxylic acids is 1. The summed E-state index contributed by atoms with van der Waals surface area (Å²) in [6, 6.07) is 16.8. The van der Waals surface area contributed by atoms with Gasteiger partial charge in [-0.2, -0.15) is 4.98 Å². The van der Waals surface area contributed by atoms with Crippen molar-refractivity contribution in [2.75, 3.05) is 57.2 Å². The lowest BCUT2D eigenvalue weighted by Crippen LogP contribution is -2.50. The topological polar surface area (TPSA) is 89.1 Å². The molecule has 1 amide bonds. The van der Waals surface area contributed by atoms with Crippen LogP contribution in [0.3, 0.4) is 0 Å². The summed E-state index contributed by atoms with van der Waals surface area (Å²) in [6.45, 7) is 4.43. The number of hydrogen-bond acceptors (Lipinski definition) is 8. The number of rotatable bonds is 8. The van der Waals surface area contributed by atoms with Crippen LogP contribution in [0.2, 0.25) is 0 Å². The van der Waals surface area contributed by atoms with E-state index in [1.165, 1.54) is 0 Å². The third-order valence-corrected chi connectivity index (χ3v) is 5.54. The molecule has 0 spiro atoms. The second-order valence-electron chi connectivity index (χ2n) is 7.88. The van der Waals surface area contributed by atoms with E-state index in [0.717, 1.165) is 28.7 Å². The van der Waals surface area contributed by atoms with Crippen molar-refractivity contribution >= 4 is 23.4 Å². The average Bonchev–Trinajstić information content (AvgIpc) is 2.88. The molecule has 1 aliphatic heterocycles. The van der Waals surface area contributed by atoms with Crippen molar-refractivity contribution in [2.45, 2.75) is 6.92 Å². The fourth-order valence-electron chi connectivity index (χ4n) is 3.64. The molecule has 4 rings (SSSR count). The summed E-state index contributed by atoms with van der Waals surface area (Å²) >= 11 is 0. The van der Waals surface area contributed by atoms with E-state index in [4.69, 9.17) is 14.2 Å². The average molecular weight is 464 g/mol. The molecule has 0 unspecified atom stereocenters. The molecule has 1 aliphatic rings. The lowest BCUT2D eigenvalue weighted by molar-refractivity contribution is -0.133. The maximum absolute atomic E-state index is 12.6. The molecule has 0 bridgehead atoms. The molecule has 0 aliphatic carbocycles. The number of piperazine rings is 1. The predicted octanol–water partition coefficient (Wildman–Crippen LogP) is 3.27. The minimum atomic E-state index is -0.0394. The molecule has 2 heterocycles. The molecular formula is C25H29N5O4. The molecule has 9 heteroatoms. The van der Waals surface area contributed by atoms with Crippen LogP contribution >= 0.6 is 0 Å². The highest BCUT2D eigenvalue weighted by molar-refractivity contribution is 5.78. The van der Waals surface area contributed by atoms with Crippen LogP contribution in [0.4, 0.5) is 17.5 Å². The molecule has 34 heavy (non-hydrogen) atoms. The number of amides is 1. The summed E-state index contributed by atoms with van der Waals surface area (Å²) in [6.07, 6.45) is 0. The molecule has 0 atom stereocenters. The Morgan fingerprint density at radius 3 is 2.09 bits per heavy atom. The third-order valence-electron chi connectivity index (χ3n) is 5.54. The highest BCUT2D eigenvalue weighted by Crippen LogP contribution is 2.22. The van der Waals surface area contributed by atoms with Gasteiger partial charge in [0.05, 0.1) is 14.2 Å². The summed E-state index contributed by atoms with van der Waals surface area (Å²) in [4.78, 5) is 25.8. The Kier molecular flexibility index (Phi) is 7.31. The highest BCUT2D eigenvalue weighted by Gasteiger charge is 2.23. The van der Waals surface area contributed by atoms with Gasteiger partial charge in [0.25, 0.3) is 5.91 Å². The minimum Gasteiger partial charge on any atom is -0.497 e. The fraction of sp³-hybridized carbons (Fsp3) is 0.320. The molecule has 1 saturated heterocycles. The smallest absolute Gasteiger partial charge is 0.260 e. The Bertz CT molecular complexity index is 1100. The van der Waals surface area contributed by atoms with Crippen molar-refractivity contribution in [3.63, 3.8) is 0 Å². The summed E-state index contributed by atoms with van der Waals surface area (Å²) in [7, 11) is 3.25. The highest BCUT2D eigenvalue weighted by atomic mass is 16.5. The van der Waals surface area contributed by atoms with Crippen molar-refractivity contribution in [3.8, 4) is 17.2 Å². The third kappa shape index (κ3) is 5.86. The lowest BCUT2D eigenvalue weighted by atomic mass is 10.3. The summed E-state index contributed by atoms with van der Waals surface area (Å²) < 4.78 is 16.0. The SMILES string of the molecule is COc1ccc(Nc2cc(C)nc(N3CCN(C(=O)COc4ccc(OC)cc4)CC3)n2)cc1. The first-order valence-corrected chi connectivity index (χ1v) is 11.1. The zero-order chi connectivity index (χ0) is 23.9. The van der Waals surface area contributed by atoms with Gasteiger partial charge < -0.3 is 29.3 Å². The van der Waals surface area contributed by atoms with Crippen LogP contribution in [0, 0.1) is 6.92 Å². The number of ether oxygens (including phenoxy) is 3. The van der Waals surface area contributed by atoms with Crippen molar-refractivity contribution in [2.24, 2.45) is 0 Å². The number of nitrogens with one attached hydrogen (secondary N) is 1. The first kappa shape index (κ1) is 23.2. The number of nitrogens with zero attached hydrogens (tertiary/aromatic N) is 4. The second-order valence-corrected chi connectivity index (χ2v) is 7.88. The fourth-order valence-corrected chi connectivity index (χ4v) is 3.64. The van der Waals surface area contributed by atoms with Crippen LogP contribution in [-0.2, 0) is 4.79 Å². The minimum absolute atomic E-state index is 0.00318. The maximum atomic E-state index is 12.6. The Hall–Kier alpha value is -4.01. The number of hydrogen-bond donors (Lipinski definition) is 1. The van der Waals surface area contributed by atoms with E-state index in [1.807, 2.05) is 42.2 Å². The van der Waals surface area contributed by atoms with Gasteiger partial charge in [0.2, 0.25) is 5.95 Å². The zero-order valence-corrected chi connectivity index (χ0v) is 19.7. The standard InChI is InChI=1S/C25H29N5O4/c1-18-16-23(27-19-4-6-20(32-2)7-5-19)28-25(26-18)30-14-12-29(13-15-30)24(31)17-34-22-10-8-21(33-3)9-11-22/h4-11,16H,12-15,17H2,1-3H3,(H,26,27,28). The van der Waals surface area contributed by atoms with Crippen LogP contribution in [0.25, 0.3) is 0 Å². The summed E-state index contributed by atoms with van der Waals surface area (Å²) in [5.41, 5.74) is 1.78. The number of carbonyl (C=O) groups is 1. The lowest BCUT2D eigenvalue weighted by Gasteiger charge is -2.34. The molecule has 9 nitrogen and oxygen atoms in total. The summed E-state index contributed by atoms with van der Waals surface area (Å²) in [5.74, 6) is 3.51. The van der Waals surface area contributed by atoms with E-state index in [2.05, 4.69) is 20.2 Å². The Morgan fingerprint density at radius 1 is 0.882 bits per heavy atom. The molecule has 1 fully saturated rings. The molecule has 0 saturated carbocycles. The number of anilines is 3. The molecule has 2 aromatic carbocycles. The molecule has 1 aromatic heterocycles. The first-order valence-electron chi connectivity index (χ1n) is 11.1. The molecule has 178 valence electrons. The molecule has 0 radical (unpaired) electrons. The molecule has 3 aromatic rings. The van der Waals surface area contributed by atoms with E-state index < -0.39 is 0 Å². The van der Waals surface area contributed by atoms with Crippen molar-refractivity contribution < 1.29 is 19.0 Å². The second kappa shape index (κ2) is 10.7. The van der Waals surface area contributed by atoms with Crippen molar-refractivity contribution in [1.82, 2.24) is 14.9 Å². The quantitative estimate of drug-likeness (QED) is 0.545. The number of methoxy groups -OCH3 is 2. The van der Waals surface area contributed by atoms with Gasteiger partial charge in [0, 0.05) is 43.6 Å². The van der Waals surface area contributed by atoms with Crippen LogP contribution in [0.5, 0.6) is 17.2 Å². The van der Waals surface area contributed by atoms with Crippen LogP contribution in [0.15, 0.2) is 54.6 Å². The van der Waals surface area contributed by atoms with Gasteiger partial charge in [0.15, 0.2) is 6.61 Å². The van der Waals surface area contributed by atoms with E-state index >= 15 is 0 Å². The monoisotopic (exact) mass is 463 g/mol. The van der Waals surface area contributed by atoms with Gasteiger partial charge in [-0.3, -0.25) is 4.79 Å². The molecular weight excluding hydrogens is 434 g/mol. The molecule has 1 N–H and O–H groups in total. The number of aryl methyl sites for hydroxylation is 1. The van der Waals surface area contributed by atoms with Crippen molar-refractivity contribution in [3.05, 3.63) is 60.3 Å². The summed E-state index contributed by atoms with van der Waals surface area (Å²) in [5, 5.41) is 3.32. The van der Waals surface area contributed by atoms with Crippen LogP contribution in [-0.4, -0.2) is 67.8 Å². The van der Waals surface area contributed by atoms with Gasteiger partial charge in [0.1, 0.15) is 23.1 Å². The van der Waals surface area contributed by atoms with Crippen molar-refractivity contribution in [1.29, 1.82) is 0 Å². The number of aromatic nitrogens is 2. The zero-order valence-electron chi connectivity index (χ0n) is 19.7. The Labute approximate surface area is 199 Å². The van der Waals surface area contributed by atoms with Gasteiger partial charge in [-0.25, -0.2) is 4.98 Å². The maximum Gasteiger partial charge on any atom is 0.260 e. The Balaban J connectivity index is 1.31. The van der Waals surface area contributed by atoms with Crippen LogP contribution in [0.1, 0.15) is 5.69 Å². The first-order chi connectivity index (χ1) is 16.5. The van der Waals surface area contributed by atoms with Gasteiger partial charge in [-0.15, -0.1) is 0 Å².